The SMILES string of the molecule is CCC(=O)NCCN(C(C)=O)c1ccc(N2CCCCC2)cc1. The minimum Gasteiger partial charge on any atom is -0.372 e. The minimum atomic E-state index is -0.0125. The molecule has 0 spiro atoms. The summed E-state index contributed by atoms with van der Waals surface area (Å²) in [5.74, 6) is -0.00424. The molecule has 0 saturated carbocycles. The Morgan fingerprint density at radius 2 is 1.78 bits per heavy atom. The molecular weight excluding hydrogens is 290 g/mol. The summed E-state index contributed by atoms with van der Waals surface area (Å²) in [4.78, 5) is 27.3. The van der Waals surface area contributed by atoms with Crippen molar-refractivity contribution in [1.82, 2.24) is 5.32 Å². The van der Waals surface area contributed by atoms with Crippen LogP contribution in [0.1, 0.15) is 39.5 Å². The van der Waals surface area contributed by atoms with E-state index in [2.05, 4.69) is 22.3 Å². The molecule has 5 nitrogen and oxygen atoms in total. The highest BCUT2D eigenvalue weighted by molar-refractivity contribution is 5.91. The first-order chi connectivity index (χ1) is 11.1. The van der Waals surface area contributed by atoms with Crippen LogP contribution in [-0.2, 0) is 9.59 Å². The molecule has 126 valence electrons. The van der Waals surface area contributed by atoms with Crippen LogP contribution in [-0.4, -0.2) is 38.0 Å². The maximum Gasteiger partial charge on any atom is 0.223 e. The maximum absolute atomic E-state index is 11.9. The molecule has 0 aliphatic carbocycles. The Morgan fingerprint density at radius 3 is 2.35 bits per heavy atom. The Balaban J connectivity index is 1.98. The van der Waals surface area contributed by atoms with Crippen molar-refractivity contribution in [2.24, 2.45) is 0 Å². The number of nitrogens with zero attached hydrogens (tertiary/aromatic N) is 2. The number of carbonyl (C=O) groups excluding carboxylic acids is 2. The quantitative estimate of drug-likeness (QED) is 0.877. The van der Waals surface area contributed by atoms with Crippen LogP contribution in [0.3, 0.4) is 0 Å². The van der Waals surface area contributed by atoms with Crippen LogP contribution in [0.15, 0.2) is 24.3 Å². The van der Waals surface area contributed by atoms with Gasteiger partial charge in [-0.25, -0.2) is 0 Å². The first kappa shape index (κ1) is 17.3. The van der Waals surface area contributed by atoms with Gasteiger partial charge in [0.2, 0.25) is 11.8 Å². The zero-order chi connectivity index (χ0) is 16.7. The molecule has 2 amide bonds. The number of amides is 2. The van der Waals surface area contributed by atoms with Crippen LogP contribution < -0.4 is 15.1 Å². The number of anilines is 2. The number of hydrogen-bond acceptors (Lipinski definition) is 3. The average molecular weight is 317 g/mol. The van der Waals surface area contributed by atoms with Gasteiger partial charge >= 0.3 is 0 Å². The summed E-state index contributed by atoms with van der Waals surface area (Å²) in [6, 6.07) is 8.16. The molecule has 0 radical (unpaired) electrons. The van der Waals surface area contributed by atoms with E-state index in [1.54, 1.807) is 11.8 Å². The van der Waals surface area contributed by atoms with Gasteiger partial charge in [0.1, 0.15) is 0 Å². The van der Waals surface area contributed by atoms with E-state index in [-0.39, 0.29) is 11.8 Å². The molecule has 0 unspecified atom stereocenters. The zero-order valence-corrected chi connectivity index (χ0v) is 14.2. The molecule has 0 atom stereocenters. The number of piperidine rings is 1. The van der Waals surface area contributed by atoms with E-state index in [4.69, 9.17) is 0 Å². The van der Waals surface area contributed by atoms with Gasteiger partial charge in [-0.1, -0.05) is 6.92 Å². The van der Waals surface area contributed by atoms with Crippen molar-refractivity contribution in [3.63, 3.8) is 0 Å². The van der Waals surface area contributed by atoms with E-state index >= 15 is 0 Å². The molecular formula is C18H27N3O2. The predicted molar refractivity (Wildman–Crippen MR) is 93.8 cm³/mol. The Kier molecular flexibility index (Phi) is 6.44. The molecule has 1 fully saturated rings. The van der Waals surface area contributed by atoms with Gasteiger partial charge in [0.15, 0.2) is 0 Å². The molecule has 0 aromatic heterocycles. The van der Waals surface area contributed by atoms with Gasteiger partial charge in [-0.15, -0.1) is 0 Å². The molecule has 1 aromatic rings. The monoisotopic (exact) mass is 317 g/mol. The van der Waals surface area contributed by atoms with Crippen molar-refractivity contribution >= 4 is 23.2 Å². The highest BCUT2D eigenvalue weighted by atomic mass is 16.2. The van der Waals surface area contributed by atoms with Crippen LogP contribution in [0.4, 0.5) is 11.4 Å². The van der Waals surface area contributed by atoms with Crippen LogP contribution in [0.25, 0.3) is 0 Å². The van der Waals surface area contributed by atoms with Crippen LogP contribution in [0.2, 0.25) is 0 Å². The lowest BCUT2D eigenvalue weighted by molar-refractivity contribution is -0.121. The predicted octanol–water partition coefficient (Wildman–Crippen LogP) is 2.56. The normalized spacial score (nSPS) is 14.4. The van der Waals surface area contributed by atoms with E-state index in [1.165, 1.54) is 24.9 Å². The highest BCUT2D eigenvalue weighted by Crippen LogP contribution is 2.23. The van der Waals surface area contributed by atoms with Gasteiger partial charge in [0, 0.05) is 50.9 Å². The van der Waals surface area contributed by atoms with Crippen LogP contribution in [0, 0.1) is 0 Å². The fraction of sp³-hybridized carbons (Fsp3) is 0.556. The van der Waals surface area contributed by atoms with Crippen molar-refractivity contribution in [1.29, 1.82) is 0 Å². The van der Waals surface area contributed by atoms with E-state index in [0.717, 1.165) is 18.8 Å². The summed E-state index contributed by atoms with van der Waals surface area (Å²) in [5, 5.41) is 2.81. The Labute approximate surface area is 138 Å². The third-order valence-corrected chi connectivity index (χ3v) is 4.24. The highest BCUT2D eigenvalue weighted by Gasteiger charge is 2.14. The van der Waals surface area contributed by atoms with Crippen molar-refractivity contribution in [2.45, 2.75) is 39.5 Å². The summed E-state index contributed by atoms with van der Waals surface area (Å²) >= 11 is 0. The average Bonchev–Trinajstić information content (AvgIpc) is 2.59. The van der Waals surface area contributed by atoms with Gasteiger partial charge in [-0.2, -0.15) is 0 Å². The number of nitrogens with one attached hydrogen (secondary N) is 1. The van der Waals surface area contributed by atoms with Crippen molar-refractivity contribution in [2.75, 3.05) is 36.0 Å². The summed E-state index contributed by atoms with van der Waals surface area (Å²) in [7, 11) is 0. The van der Waals surface area contributed by atoms with Gasteiger partial charge in [-0.3, -0.25) is 9.59 Å². The number of hydrogen-bond donors (Lipinski definition) is 1. The molecule has 23 heavy (non-hydrogen) atoms. The van der Waals surface area contributed by atoms with E-state index < -0.39 is 0 Å². The Hall–Kier alpha value is -2.04. The van der Waals surface area contributed by atoms with Crippen molar-refractivity contribution < 1.29 is 9.59 Å². The lowest BCUT2D eigenvalue weighted by atomic mass is 10.1. The minimum absolute atomic E-state index is 0.00829. The topological polar surface area (TPSA) is 52.7 Å². The first-order valence-corrected chi connectivity index (χ1v) is 8.51. The lowest BCUT2D eigenvalue weighted by Crippen LogP contribution is -2.37. The van der Waals surface area contributed by atoms with E-state index in [1.807, 2.05) is 19.1 Å². The number of benzene rings is 1. The summed E-state index contributed by atoms with van der Waals surface area (Å²) < 4.78 is 0. The summed E-state index contributed by atoms with van der Waals surface area (Å²) in [6.07, 6.45) is 4.28. The van der Waals surface area contributed by atoms with Crippen molar-refractivity contribution in [3.8, 4) is 0 Å². The summed E-state index contributed by atoms with van der Waals surface area (Å²) in [6.45, 7) is 6.56. The molecule has 5 heteroatoms. The third kappa shape index (κ3) is 4.98. The molecule has 1 aliphatic rings. The molecule has 1 saturated heterocycles. The van der Waals surface area contributed by atoms with E-state index in [9.17, 15) is 9.59 Å². The third-order valence-electron chi connectivity index (χ3n) is 4.24. The van der Waals surface area contributed by atoms with Crippen LogP contribution in [0.5, 0.6) is 0 Å². The Bertz CT molecular complexity index is 522. The molecule has 1 heterocycles. The maximum atomic E-state index is 11.9. The second-order valence-electron chi connectivity index (χ2n) is 5.94. The Morgan fingerprint density at radius 1 is 1.13 bits per heavy atom. The molecule has 1 aliphatic heterocycles. The largest absolute Gasteiger partial charge is 0.372 e. The second kappa shape index (κ2) is 8.56. The van der Waals surface area contributed by atoms with Crippen molar-refractivity contribution in [3.05, 3.63) is 24.3 Å². The fourth-order valence-electron chi connectivity index (χ4n) is 2.90. The second-order valence-corrected chi connectivity index (χ2v) is 5.94. The van der Waals surface area contributed by atoms with Gasteiger partial charge in [-0.05, 0) is 43.5 Å². The van der Waals surface area contributed by atoms with E-state index in [0.29, 0.717) is 19.5 Å². The van der Waals surface area contributed by atoms with Gasteiger partial charge < -0.3 is 15.1 Å². The first-order valence-electron chi connectivity index (χ1n) is 8.51. The molecule has 0 bridgehead atoms. The molecule has 2 rings (SSSR count). The zero-order valence-electron chi connectivity index (χ0n) is 14.2. The van der Waals surface area contributed by atoms with Crippen LogP contribution >= 0.6 is 0 Å². The molecule has 1 aromatic carbocycles. The lowest BCUT2D eigenvalue weighted by Gasteiger charge is -2.29. The standard InChI is InChI=1S/C18H27N3O2/c1-3-18(23)19-11-14-21(15(2)22)17-9-7-16(8-10-17)20-12-5-4-6-13-20/h7-10H,3-6,11-14H2,1-2H3,(H,19,23). The number of rotatable bonds is 6. The fourth-order valence-corrected chi connectivity index (χ4v) is 2.90. The smallest absolute Gasteiger partial charge is 0.223 e. The van der Waals surface area contributed by atoms with Gasteiger partial charge in [0.05, 0.1) is 0 Å². The van der Waals surface area contributed by atoms with Gasteiger partial charge in [0.25, 0.3) is 0 Å². The summed E-state index contributed by atoms with van der Waals surface area (Å²) in [5.41, 5.74) is 2.10. The number of carbonyl (C=O) groups is 2. The molecule has 1 N–H and O–H groups in total.